The maximum Gasteiger partial charge on any atom is 0.313 e. The number of hydrogen-bond acceptors (Lipinski definition) is 5. The summed E-state index contributed by atoms with van der Waals surface area (Å²) >= 11 is 0. The number of rotatable bonds is 8. The minimum absolute atomic E-state index is 0.109. The van der Waals surface area contributed by atoms with Gasteiger partial charge in [-0.25, -0.2) is 0 Å². The van der Waals surface area contributed by atoms with Gasteiger partial charge in [0.15, 0.2) is 0 Å². The summed E-state index contributed by atoms with van der Waals surface area (Å²) in [5.74, 6) is -0.872. The van der Waals surface area contributed by atoms with Gasteiger partial charge in [0.1, 0.15) is 5.75 Å². The number of carbonyl (C=O) groups is 2. The average molecular weight is 473 g/mol. The first-order valence-electron chi connectivity index (χ1n) is 11.9. The molecule has 4 rings (SSSR count). The summed E-state index contributed by atoms with van der Waals surface area (Å²) in [6.45, 7) is 3.48. The molecule has 1 aliphatic heterocycles. The molecule has 0 saturated heterocycles. The Kier molecular flexibility index (Phi) is 7.55. The molecule has 3 aromatic carbocycles. The van der Waals surface area contributed by atoms with Crippen molar-refractivity contribution in [3.05, 3.63) is 83.9 Å². The summed E-state index contributed by atoms with van der Waals surface area (Å²) in [5, 5.41) is 5.52. The molecule has 35 heavy (non-hydrogen) atoms. The number of ether oxygens (including phenoxy) is 1. The predicted molar refractivity (Wildman–Crippen MR) is 140 cm³/mol. The van der Waals surface area contributed by atoms with Gasteiger partial charge in [-0.05, 0) is 54.8 Å². The van der Waals surface area contributed by atoms with Crippen molar-refractivity contribution in [2.75, 3.05) is 48.9 Å². The average Bonchev–Trinajstić information content (AvgIpc) is 3.29. The Hall–Kier alpha value is -4.00. The van der Waals surface area contributed by atoms with E-state index in [-0.39, 0.29) is 6.04 Å². The van der Waals surface area contributed by atoms with Crippen LogP contribution in [0.25, 0.3) is 0 Å². The van der Waals surface area contributed by atoms with Crippen LogP contribution in [-0.4, -0.2) is 45.6 Å². The van der Waals surface area contributed by atoms with Crippen molar-refractivity contribution in [2.45, 2.75) is 19.4 Å². The molecule has 3 aromatic rings. The van der Waals surface area contributed by atoms with Crippen LogP contribution in [0.2, 0.25) is 0 Å². The first kappa shape index (κ1) is 24.1. The zero-order chi connectivity index (χ0) is 24.8. The number of hydrogen-bond donors (Lipinski definition) is 2. The molecular weight excluding hydrogens is 440 g/mol. The number of nitrogens with zero attached hydrogens (tertiary/aromatic N) is 2. The normalized spacial score (nSPS) is 13.1. The summed E-state index contributed by atoms with van der Waals surface area (Å²) in [7, 11) is 4.01. The van der Waals surface area contributed by atoms with Crippen molar-refractivity contribution in [2.24, 2.45) is 0 Å². The molecule has 2 amide bonds. The minimum Gasteiger partial charge on any atom is -0.492 e. The Morgan fingerprint density at radius 1 is 0.971 bits per heavy atom. The van der Waals surface area contributed by atoms with Crippen molar-refractivity contribution >= 4 is 28.9 Å². The number of para-hydroxylation sites is 3. The van der Waals surface area contributed by atoms with E-state index in [4.69, 9.17) is 4.74 Å². The van der Waals surface area contributed by atoms with Crippen molar-refractivity contribution in [1.29, 1.82) is 0 Å². The Bertz CT molecular complexity index is 1180. The maximum absolute atomic E-state index is 12.8. The molecule has 7 heteroatoms. The molecular formula is C28H32N4O3. The van der Waals surface area contributed by atoms with E-state index in [0.29, 0.717) is 24.6 Å². The summed E-state index contributed by atoms with van der Waals surface area (Å²) < 4.78 is 5.54. The van der Waals surface area contributed by atoms with Gasteiger partial charge in [-0.3, -0.25) is 9.59 Å². The van der Waals surface area contributed by atoms with E-state index < -0.39 is 11.8 Å². The van der Waals surface area contributed by atoms with Gasteiger partial charge >= 0.3 is 11.8 Å². The van der Waals surface area contributed by atoms with Crippen LogP contribution in [0.4, 0.5) is 17.1 Å². The summed E-state index contributed by atoms with van der Waals surface area (Å²) in [5.41, 5.74) is 5.11. The summed E-state index contributed by atoms with van der Waals surface area (Å²) in [6.07, 6.45) is 0.950. The number of nitrogens with one attached hydrogen (secondary N) is 2. The van der Waals surface area contributed by atoms with Gasteiger partial charge in [-0.15, -0.1) is 0 Å². The van der Waals surface area contributed by atoms with Crippen molar-refractivity contribution in [3.8, 4) is 5.75 Å². The van der Waals surface area contributed by atoms with E-state index in [9.17, 15) is 9.59 Å². The molecule has 0 aliphatic carbocycles. The topological polar surface area (TPSA) is 73.9 Å². The highest BCUT2D eigenvalue weighted by atomic mass is 16.5. The Morgan fingerprint density at radius 3 is 2.43 bits per heavy atom. The van der Waals surface area contributed by atoms with Crippen LogP contribution in [-0.2, 0) is 16.0 Å². The van der Waals surface area contributed by atoms with Gasteiger partial charge in [0.2, 0.25) is 0 Å². The van der Waals surface area contributed by atoms with Gasteiger partial charge < -0.3 is 25.2 Å². The van der Waals surface area contributed by atoms with Gasteiger partial charge in [0.05, 0.1) is 18.3 Å². The zero-order valence-electron chi connectivity index (χ0n) is 20.5. The maximum atomic E-state index is 12.8. The molecule has 0 fully saturated rings. The minimum atomic E-state index is -0.722. The van der Waals surface area contributed by atoms with E-state index in [0.717, 1.165) is 24.2 Å². The van der Waals surface area contributed by atoms with Crippen molar-refractivity contribution < 1.29 is 14.3 Å². The molecule has 1 heterocycles. The number of benzene rings is 3. The fraction of sp³-hybridized carbons (Fsp3) is 0.286. The Labute approximate surface area is 206 Å². The molecule has 0 radical (unpaired) electrons. The third-order valence-electron chi connectivity index (χ3n) is 6.19. The lowest BCUT2D eigenvalue weighted by atomic mass is 10.0. The van der Waals surface area contributed by atoms with Crippen LogP contribution < -0.4 is 25.2 Å². The molecule has 1 aliphatic rings. The van der Waals surface area contributed by atoms with Gasteiger partial charge in [0, 0.05) is 38.6 Å². The van der Waals surface area contributed by atoms with E-state index in [2.05, 4.69) is 62.9 Å². The predicted octanol–water partition coefficient (Wildman–Crippen LogP) is 4.01. The summed E-state index contributed by atoms with van der Waals surface area (Å²) in [4.78, 5) is 29.8. The molecule has 1 atom stereocenters. The molecule has 2 N–H and O–H groups in total. The molecule has 0 spiro atoms. The smallest absolute Gasteiger partial charge is 0.313 e. The van der Waals surface area contributed by atoms with E-state index >= 15 is 0 Å². The van der Waals surface area contributed by atoms with Crippen LogP contribution in [0, 0.1) is 0 Å². The quantitative estimate of drug-likeness (QED) is 0.485. The largest absolute Gasteiger partial charge is 0.492 e. The lowest BCUT2D eigenvalue weighted by molar-refractivity contribution is -0.136. The third-order valence-corrected chi connectivity index (χ3v) is 6.19. The molecule has 0 bridgehead atoms. The number of carbonyl (C=O) groups excluding carboxylic acids is 2. The third kappa shape index (κ3) is 5.57. The highest BCUT2D eigenvalue weighted by Gasteiger charge is 2.28. The Balaban J connectivity index is 1.50. The SMILES string of the molecule is CCOc1ccccc1NC(=O)C(=O)NCC(c1ccc(N(C)C)cc1)N1CCc2ccccc21. The van der Waals surface area contributed by atoms with Gasteiger partial charge in [-0.2, -0.15) is 0 Å². The second-order valence-electron chi connectivity index (χ2n) is 8.67. The molecule has 1 unspecified atom stereocenters. The molecule has 0 saturated carbocycles. The van der Waals surface area contributed by atoms with E-state index in [1.165, 1.54) is 11.3 Å². The standard InChI is InChI=1S/C28H32N4O3/c1-4-35-26-12-8-6-10-23(26)30-28(34)27(33)29-19-25(21-13-15-22(16-14-21)31(2)3)32-18-17-20-9-5-7-11-24(20)32/h5-16,25H,4,17-19H2,1-3H3,(H,29,33)(H,30,34). The van der Waals surface area contributed by atoms with Crippen LogP contribution in [0.15, 0.2) is 72.8 Å². The second kappa shape index (κ2) is 11.0. The lowest BCUT2D eigenvalue weighted by Gasteiger charge is -2.31. The lowest BCUT2D eigenvalue weighted by Crippen LogP contribution is -2.41. The van der Waals surface area contributed by atoms with Crippen molar-refractivity contribution in [3.63, 3.8) is 0 Å². The van der Waals surface area contributed by atoms with Gasteiger partial charge in [-0.1, -0.05) is 42.5 Å². The van der Waals surface area contributed by atoms with Gasteiger partial charge in [0.25, 0.3) is 0 Å². The zero-order valence-corrected chi connectivity index (χ0v) is 20.5. The van der Waals surface area contributed by atoms with Crippen LogP contribution in [0.3, 0.4) is 0 Å². The fourth-order valence-corrected chi connectivity index (χ4v) is 4.39. The van der Waals surface area contributed by atoms with Crippen LogP contribution >= 0.6 is 0 Å². The Morgan fingerprint density at radius 2 is 1.69 bits per heavy atom. The number of amides is 2. The second-order valence-corrected chi connectivity index (χ2v) is 8.67. The van der Waals surface area contributed by atoms with Crippen LogP contribution in [0.1, 0.15) is 24.1 Å². The highest BCUT2D eigenvalue weighted by molar-refractivity contribution is 6.39. The first-order valence-corrected chi connectivity index (χ1v) is 11.9. The molecule has 7 nitrogen and oxygen atoms in total. The summed E-state index contributed by atoms with van der Waals surface area (Å²) in [6, 6.07) is 23.6. The fourth-order valence-electron chi connectivity index (χ4n) is 4.39. The van der Waals surface area contributed by atoms with E-state index in [1.54, 1.807) is 18.2 Å². The monoisotopic (exact) mass is 472 g/mol. The van der Waals surface area contributed by atoms with Crippen LogP contribution in [0.5, 0.6) is 5.75 Å². The highest BCUT2D eigenvalue weighted by Crippen LogP contribution is 2.35. The number of anilines is 3. The number of fused-ring (bicyclic) bond motifs is 1. The van der Waals surface area contributed by atoms with Crippen molar-refractivity contribution in [1.82, 2.24) is 5.32 Å². The first-order chi connectivity index (χ1) is 17.0. The van der Waals surface area contributed by atoms with E-state index in [1.807, 2.05) is 33.2 Å². The molecule has 0 aromatic heterocycles. The molecule has 182 valence electrons.